The van der Waals surface area contributed by atoms with Crippen LogP contribution < -0.4 is 0 Å². The van der Waals surface area contributed by atoms with E-state index in [-0.39, 0.29) is 0 Å². The molecule has 0 amide bonds. The fourth-order valence-corrected chi connectivity index (χ4v) is 0.800. The largest absolute Gasteiger partial charge is 0.262 e. The van der Waals surface area contributed by atoms with E-state index in [9.17, 15) is 0 Å². The molecule has 1 atom stereocenters. The van der Waals surface area contributed by atoms with E-state index in [0.717, 1.165) is 12.2 Å². The van der Waals surface area contributed by atoms with Gasteiger partial charge in [0.2, 0.25) is 5.28 Å². The van der Waals surface area contributed by atoms with Crippen molar-refractivity contribution in [3.63, 3.8) is 0 Å². The summed E-state index contributed by atoms with van der Waals surface area (Å²) >= 11 is 5.51. The molecular formula is C6H10ClN3. The Bertz CT molecular complexity index is 209. The zero-order valence-electron chi connectivity index (χ0n) is 6.06. The average molecular weight is 160 g/mol. The smallest absolute Gasteiger partial charge is 0.242 e. The highest BCUT2D eigenvalue weighted by atomic mass is 35.5. The fraction of sp³-hybridized carbons (Fsp3) is 0.667. The van der Waals surface area contributed by atoms with Crippen LogP contribution in [0.15, 0.2) is 0 Å². The van der Waals surface area contributed by atoms with E-state index in [0.29, 0.717) is 11.2 Å². The molecule has 1 aromatic rings. The third kappa shape index (κ3) is 1.48. The molecule has 0 aliphatic rings. The lowest BCUT2D eigenvalue weighted by Crippen LogP contribution is -1.93. The highest BCUT2D eigenvalue weighted by Crippen LogP contribution is 2.14. The van der Waals surface area contributed by atoms with Crippen molar-refractivity contribution in [3.8, 4) is 0 Å². The molecule has 0 fully saturated rings. The molecule has 0 aliphatic carbocycles. The SMILES string of the molecule is CCC(C)c1nc(Cl)n[nH]1. The molecule has 0 aromatic carbocycles. The molecule has 1 unspecified atom stereocenters. The topological polar surface area (TPSA) is 41.6 Å². The molecule has 3 nitrogen and oxygen atoms in total. The maximum absolute atomic E-state index is 5.51. The summed E-state index contributed by atoms with van der Waals surface area (Å²) in [5.41, 5.74) is 0. The number of nitrogens with zero attached hydrogens (tertiary/aromatic N) is 2. The lowest BCUT2D eigenvalue weighted by molar-refractivity contribution is 0.682. The highest BCUT2D eigenvalue weighted by molar-refractivity contribution is 6.28. The van der Waals surface area contributed by atoms with Crippen LogP contribution in [0.3, 0.4) is 0 Å². The minimum Gasteiger partial charge on any atom is -0.262 e. The van der Waals surface area contributed by atoms with Crippen molar-refractivity contribution in [2.75, 3.05) is 0 Å². The number of aromatic nitrogens is 3. The van der Waals surface area contributed by atoms with Crippen LogP contribution in [0, 0.1) is 0 Å². The summed E-state index contributed by atoms with van der Waals surface area (Å²) < 4.78 is 0. The zero-order chi connectivity index (χ0) is 7.56. The van der Waals surface area contributed by atoms with E-state index in [1.54, 1.807) is 0 Å². The summed E-state index contributed by atoms with van der Waals surface area (Å²) in [5.74, 6) is 1.28. The standard InChI is InChI=1S/C6H10ClN3/c1-3-4(2)5-8-6(7)10-9-5/h4H,3H2,1-2H3,(H,8,9,10). The second-order valence-corrected chi connectivity index (χ2v) is 2.64. The first kappa shape index (κ1) is 7.54. The van der Waals surface area contributed by atoms with Gasteiger partial charge in [-0.25, -0.2) is 4.98 Å². The Morgan fingerprint density at radius 1 is 1.70 bits per heavy atom. The minimum absolute atomic E-state index is 0.301. The molecule has 0 aliphatic heterocycles. The van der Waals surface area contributed by atoms with Crippen LogP contribution in [-0.2, 0) is 0 Å². The number of nitrogens with one attached hydrogen (secondary N) is 1. The molecular weight excluding hydrogens is 150 g/mol. The number of aromatic amines is 1. The van der Waals surface area contributed by atoms with Crippen molar-refractivity contribution in [1.82, 2.24) is 15.2 Å². The molecule has 1 aromatic heterocycles. The predicted molar refractivity (Wildman–Crippen MR) is 40.1 cm³/mol. The van der Waals surface area contributed by atoms with Gasteiger partial charge in [0.15, 0.2) is 0 Å². The van der Waals surface area contributed by atoms with Crippen molar-refractivity contribution >= 4 is 11.6 Å². The second-order valence-electron chi connectivity index (χ2n) is 2.30. The summed E-state index contributed by atoms with van der Waals surface area (Å²) in [7, 11) is 0. The summed E-state index contributed by atoms with van der Waals surface area (Å²) in [6.07, 6.45) is 1.05. The molecule has 4 heteroatoms. The summed E-state index contributed by atoms with van der Waals surface area (Å²) in [6.45, 7) is 4.18. The van der Waals surface area contributed by atoms with Gasteiger partial charge in [0.05, 0.1) is 0 Å². The Morgan fingerprint density at radius 2 is 2.40 bits per heavy atom. The molecule has 0 radical (unpaired) electrons. The second kappa shape index (κ2) is 3.01. The number of hydrogen-bond donors (Lipinski definition) is 1. The van der Waals surface area contributed by atoms with Crippen LogP contribution in [0.25, 0.3) is 0 Å². The van der Waals surface area contributed by atoms with Crippen molar-refractivity contribution in [3.05, 3.63) is 11.1 Å². The van der Waals surface area contributed by atoms with Crippen LogP contribution in [0.4, 0.5) is 0 Å². The van der Waals surface area contributed by atoms with Gasteiger partial charge < -0.3 is 0 Å². The van der Waals surface area contributed by atoms with E-state index in [1.165, 1.54) is 0 Å². The summed E-state index contributed by atoms with van der Waals surface area (Å²) in [4.78, 5) is 3.98. The number of rotatable bonds is 2. The number of H-pyrrole nitrogens is 1. The molecule has 56 valence electrons. The molecule has 0 saturated carbocycles. The zero-order valence-corrected chi connectivity index (χ0v) is 6.81. The fourth-order valence-electron chi connectivity index (χ4n) is 0.667. The first-order valence-electron chi connectivity index (χ1n) is 3.31. The summed E-state index contributed by atoms with van der Waals surface area (Å²) in [6, 6.07) is 0. The van der Waals surface area contributed by atoms with Crippen LogP contribution in [0.5, 0.6) is 0 Å². The molecule has 0 bridgehead atoms. The van der Waals surface area contributed by atoms with Gasteiger partial charge in [0.25, 0.3) is 0 Å². The maximum Gasteiger partial charge on any atom is 0.242 e. The van der Waals surface area contributed by atoms with Gasteiger partial charge in [-0.05, 0) is 18.0 Å². The average Bonchev–Trinajstić information content (AvgIpc) is 2.34. The van der Waals surface area contributed by atoms with E-state index in [2.05, 4.69) is 29.0 Å². The highest BCUT2D eigenvalue weighted by Gasteiger charge is 2.06. The van der Waals surface area contributed by atoms with Crippen molar-refractivity contribution in [2.45, 2.75) is 26.2 Å². The third-order valence-corrected chi connectivity index (χ3v) is 1.72. The van der Waals surface area contributed by atoms with Crippen LogP contribution in [-0.4, -0.2) is 15.2 Å². The molecule has 10 heavy (non-hydrogen) atoms. The third-order valence-electron chi connectivity index (χ3n) is 1.55. The van der Waals surface area contributed by atoms with Crippen molar-refractivity contribution < 1.29 is 0 Å². The minimum atomic E-state index is 0.301. The van der Waals surface area contributed by atoms with Crippen molar-refractivity contribution in [1.29, 1.82) is 0 Å². The Balaban J connectivity index is 2.74. The Morgan fingerprint density at radius 3 is 2.80 bits per heavy atom. The van der Waals surface area contributed by atoms with E-state index in [1.807, 2.05) is 0 Å². The Labute approximate surface area is 64.8 Å². The molecule has 1 heterocycles. The van der Waals surface area contributed by atoms with Gasteiger partial charge in [-0.3, -0.25) is 5.10 Å². The molecule has 0 spiro atoms. The Kier molecular flexibility index (Phi) is 2.27. The van der Waals surface area contributed by atoms with Crippen LogP contribution in [0.1, 0.15) is 32.0 Å². The van der Waals surface area contributed by atoms with E-state index >= 15 is 0 Å². The van der Waals surface area contributed by atoms with Crippen LogP contribution >= 0.6 is 11.6 Å². The summed E-state index contributed by atoms with van der Waals surface area (Å²) in [5, 5.41) is 6.78. The molecule has 1 rings (SSSR count). The van der Waals surface area contributed by atoms with Gasteiger partial charge in [-0.15, -0.1) is 5.10 Å². The quantitative estimate of drug-likeness (QED) is 0.717. The van der Waals surface area contributed by atoms with E-state index < -0.39 is 0 Å². The van der Waals surface area contributed by atoms with Crippen molar-refractivity contribution in [2.24, 2.45) is 0 Å². The first-order valence-corrected chi connectivity index (χ1v) is 3.69. The van der Waals surface area contributed by atoms with Gasteiger partial charge >= 0.3 is 0 Å². The van der Waals surface area contributed by atoms with Gasteiger partial charge in [0.1, 0.15) is 5.82 Å². The molecule has 1 N–H and O–H groups in total. The monoisotopic (exact) mass is 159 g/mol. The lowest BCUT2D eigenvalue weighted by atomic mass is 10.1. The Hall–Kier alpha value is -0.570. The molecule has 0 saturated heterocycles. The predicted octanol–water partition coefficient (Wildman–Crippen LogP) is 1.97. The van der Waals surface area contributed by atoms with Crippen LogP contribution in [0.2, 0.25) is 5.28 Å². The first-order chi connectivity index (χ1) is 4.74. The van der Waals surface area contributed by atoms with Gasteiger partial charge in [-0.1, -0.05) is 13.8 Å². The normalized spacial score (nSPS) is 13.5. The maximum atomic E-state index is 5.51. The number of hydrogen-bond acceptors (Lipinski definition) is 2. The van der Waals surface area contributed by atoms with Gasteiger partial charge in [-0.2, -0.15) is 0 Å². The van der Waals surface area contributed by atoms with Gasteiger partial charge in [0, 0.05) is 5.92 Å². The number of halogens is 1. The van der Waals surface area contributed by atoms with E-state index in [4.69, 9.17) is 11.6 Å². The lowest BCUT2D eigenvalue weighted by Gasteiger charge is -2.00.